The Morgan fingerprint density at radius 1 is 0.780 bits per heavy atom. The second kappa shape index (κ2) is 7.42. The molecule has 0 bridgehead atoms. The molecule has 3 nitrogen and oxygen atoms in total. The van der Waals surface area contributed by atoms with E-state index < -0.39 is 0 Å². The first-order valence-electron chi connectivity index (χ1n) is 15.0. The third-order valence-electron chi connectivity index (χ3n) is 10.9. The van der Waals surface area contributed by atoms with Gasteiger partial charge in [-0.3, -0.25) is 0 Å². The third kappa shape index (κ3) is 2.92. The summed E-state index contributed by atoms with van der Waals surface area (Å²) in [6, 6.07) is 23.4. The van der Waals surface area contributed by atoms with Crippen LogP contribution in [0.3, 0.4) is 0 Å². The van der Waals surface area contributed by atoms with Crippen molar-refractivity contribution in [1.82, 2.24) is 4.57 Å². The normalized spacial score (nSPS) is 22.4. The molecule has 41 heavy (non-hydrogen) atoms. The fourth-order valence-corrected chi connectivity index (χ4v) is 7.90. The van der Waals surface area contributed by atoms with E-state index in [0.29, 0.717) is 5.92 Å². The van der Waals surface area contributed by atoms with Gasteiger partial charge in [0.2, 0.25) is 0 Å². The van der Waals surface area contributed by atoms with Crippen LogP contribution in [-0.4, -0.2) is 22.9 Å². The number of para-hydroxylation sites is 1. The van der Waals surface area contributed by atoms with Crippen LogP contribution >= 0.6 is 0 Å². The molecule has 4 aromatic carbocycles. The molecule has 0 spiro atoms. The Morgan fingerprint density at radius 2 is 1.54 bits per heavy atom. The van der Waals surface area contributed by atoms with E-state index in [1.54, 1.807) is 0 Å². The van der Waals surface area contributed by atoms with Gasteiger partial charge in [-0.15, -0.1) is 0 Å². The van der Waals surface area contributed by atoms with Crippen molar-refractivity contribution in [3.8, 4) is 11.1 Å². The van der Waals surface area contributed by atoms with E-state index in [2.05, 4.69) is 125 Å². The molecule has 2 aliphatic heterocycles. The lowest BCUT2D eigenvalue weighted by Gasteiger charge is -2.32. The van der Waals surface area contributed by atoms with Crippen LogP contribution in [0.2, 0.25) is 0 Å². The lowest BCUT2D eigenvalue weighted by atomic mass is 9.74. The third-order valence-corrected chi connectivity index (χ3v) is 10.9. The number of benzene rings is 4. The molecule has 2 aliphatic carbocycles. The van der Waals surface area contributed by atoms with Crippen LogP contribution in [0.4, 0.5) is 0 Å². The first-order chi connectivity index (χ1) is 19.5. The molecule has 1 saturated heterocycles. The molecule has 5 aromatic rings. The number of rotatable bonds is 1. The summed E-state index contributed by atoms with van der Waals surface area (Å²) in [5.74, 6) is 0.463. The van der Waals surface area contributed by atoms with Gasteiger partial charge in [0.1, 0.15) is 0 Å². The van der Waals surface area contributed by atoms with Crippen molar-refractivity contribution in [2.24, 2.45) is 0 Å². The summed E-state index contributed by atoms with van der Waals surface area (Å²) >= 11 is 0. The van der Waals surface area contributed by atoms with Crippen molar-refractivity contribution in [3.05, 3.63) is 95.6 Å². The Balaban J connectivity index is 1.23. The number of allylic oxidation sites excluding steroid dienone is 4. The van der Waals surface area contributed by atoms with Gasteiger partial charge in [0, 0.05) is 27.8 Å². The second-order valence-corrected chi connectivity index (χ2v) is 14.0. The molecule has 1 fully saturated rings. The molecular weight excluding hydrogens is 501 g/mol. The molecule has 1 unspecified atom stereocenters. The number of hydrogen-bond donors (Lipinski definition) is 0. The minimum atomic E-state index is -0.356. The van der Waals surface area contributed by atoms with Gasteiger partial charge in [0.15, 0.2) is 0 Å². The molecule has 0 radical (unpaired) electrons. The van der Waals surface area contributed by atoms with E-state index in [4.69, 9.17) is 9.31 Å². The molecule has 0 saturated carbocycles. The summed E-state index contributed by atoms with van der Waals surface area (Å²) in [5, 5.41) is 5.32. The second-order valence-electron chi connectivity index (χ2n) is 14.0. The van der Waals surface area contributed by atoms with E-state index in [9.17, 15) is 0 Å². The average Bonchev–Trinajstić information content (AvgIpc) is 3.59. The lowest BCUT2D eigenvalue weighted by molar-refractivity contribution is 0.00578. The minimum Gasteiger partial charge on any atom is -0.399 e. The van der Waals surface area contributed by atoms with Crippen molar-refractivity contribution in [3.63, 3.8) is 0 Å². The first-order valence-corrected chi connectivity index (χ1v) is 15.0. The fraction of sp³-hybridized carbons (Fsp3) is 0.297. The monoisotopic (exact) mass is 535 g/mol. The molecular formula is C37H34BNO2. The summed E-state index contributed by atoms with van der Waals surface area (Å²) in [5.41, 5.74) is 11.3. The van der Waals surface area contributed by atoms with E-state index in [0.717, 1.165) is 11.9 Å². The van der Waals surface area contributed by atoms with Crippen molar-refractivity contribution in [2.75, 3.05) is 0 Å². The molecule has 0 N–H and O–H groups in total. The fourth-order valence-electron chi connectivity index (χ4n) is 7.90. The maximum Gasteiger partial charge on any atom is 0.494 e. The van der Waals surface area contributed by atoms with E-state index in [-0.39, 0.29) is 23.7 Å². The predicted molar refractivity (Wildman–Crippen MR) is 171 cm³/mol. The predicted octanol–water partition coefficient (Wildman–Crippen LogP) is 8.45. The summed E-state index contributed by atoms with van der Waals surface area (Å²) < 4.78 is 15.4. The Bertz CT molecular complexity index is 2060. The van der Waals surface area contributed by atoms with Crippen LogP contribution in [0.25, 0.3) is 49.4 Å². The molecule has 0 amide bonds. The van der Waals surface area contributed by atoms with Gasteiger partial charge in [0.25, 0.3) is 0 Å². The molecule has 1 aromatic heterocycles. The van der Waals surface area contributed by atoms with E-state index >= 15 is 0 Å². The molecule has 4 heteroatoms. The number of hydrogen-bond acceptors (Lipinski definition) is 2. The highest BCUT2D eigenvalue weighted by molar-refractivity contribution is 6.62. The van der Waals surface area contributed by atoms with Crippen LogP contribution in [0.5, 0.6) is 0 Å². The van der Waals surface area contributed by atoms with Crippen LogP contribution in [0, 0.1) is 0 Å². The summed E-state index contributed by atoms with van der Waals surface area (Å²) in [6.45, 7) is 13.2. The van der Waals surface area contributed by atoms with Crippen molar-refractivity contribution in [2.45, 2.75) is 70.5 Å². The molecule has 202 valence electrons. The van der Waals surface area contributed by atoms with Crippen molar-refractivity contribution in [1.29, 1.82) is 0 Å². The molecule has 4 aliphatic rings. The van der Waals surface area contributed by atoms with Gasteiger partial charge in [0.05, 0.1) is 22.2 Å². The molecule has 9 rings (SSSR count). The average molecular weight is 535 g/mol. The summed E-state index contributed by atoms with van der Waals surface area (Å²) in [6.07, 6.45) is 7.92. The standard InChI is InChI=1S/C37H34BNO2/c1-35(2)30-18-21-17-29-27-12-9-11-26-25-10-7-8-13-32(25)39(34(26)27)33(29)19-22(21)16-28(30)24-15-14-23(20-31(24)35)38-40-36(3,4)37(5,6)41-38/h7-9,11-20,25H,10H2,1-6H3. The van der Waals surface area contributed by atoms with Gasteiger partial charge in [-0.05, 0) is 109 Å². The highest BCUT2D eigenvalue weighted by Crippen LogP contribution is 2.52. The number of nitrogens with zero attached hydrogens (tertiary/aromatic N) is 1. The van der Waals surface area contributed by atoms with Crippen LogP contribution in [-0.2, 0) is 14.7 Å². The maximum absolute atomic E-state index is 6.42. The van der Waals surface area contributed by atoms with Gasteiger partial charge >= 0.3 is 7.12 Å². The van der Waals surface area contributed by atoms with Gasteiger partial charge in [-0.2, -0.15) is 0 Å². The largest absolute Gasteiger partial charge is 0.494 e. The Morgan fingerprint density at radius 3 is 2.34 bits per heavy atom. The minimum absolute atomic E-state index is 0.119. The molecule has 1 atom stereocenters. The maximum atomic E-state index is 6.42. The quantitative estimate of drug-likeness (QED) is 0.201. The van der Waals surface area contributed by atoms with Crippen LogP contribution in [0.1, 0.15) is 70.6 Å². The highest BCUT2D eigenvalue weighted by atomic mass is 16.7. The SMILES string of the molecule is CC1(C)c2cc(B3OC(C)(C)C(C)(C)O3)ccc2-c2cc3cc4c(cc3cc21)c1cccc2c1n4C1=CC=CCC12. The Labute approximate surface area is 241 Å². The van der Waals surface area contributed by atoms with Gasteiger partial charge in [-0.25, -0.2) is 0 Å². The van der Waals surface area contributed by atoms with Crippen molar-refractivity contribution < 1.29 is 9.31 Å². The van der Waals surface area contributed by atoms with Gasteiger partial charge in [-0.1, -0.05) is 62.4 Å². The zero-order valence-corrected chi connectivity index (χ0v) is 24.6. The highest BCUT2D eigenvalue weighted by Gasteiger charge is 2.52. The molecule has 3 heterocycles. The zero-order valence-electron chi connectivity index (χ0n) is 24.6. The van der Waals surface area contributed by atoms with Crippen LogP contribution < -0.4 is 5.46 Å². The Kier molecular flexibility index (Phi) is 4.35. The number of aromatic nitrogens is 1. The lowest BCUT2D eigenvalue weighted by Crippen LogP contribution is -2.41. The smallest absolute Gasteiger partial charge is 0.399 e. The van der Waals surface area contributed by atoms with Crippen molar-refractivity contribution >= 4 is 50.9 Å². The first kappa shape index (κ1) is 24.0. The summed E-state index contributed by atoms with van der Waals surface area (Å²) in [7, 11) is -0.356. The Hall–Kier alpha value is -3.60. The number of fused-ring (bicyclic) bond motifs is 10. The zero-order chi connectivity index (χ0) is 28.1. The van der Waals surface area contributed by atoms with E-state index in [1.807, 2.05) is 0 Å². The summed E-state index contributed by atoms with van der Waals surface area (Å²) in [4.78, 5) is 0. The van der Waals surface area contributed by atoms with Crippen LogP contribution in [0.15, 0.2) is 78.9 Å². The topological polar surface area (TPSA) is 23.4 Å². The van der Waals surface area contributed by atoms with Gasteiger partial charge < -0.3 is 13.9 Å². The van der Waals surface area contributed by atoms with E-state index in [1.165, 1.54) is 66.1 Å².